The fraction of sp³-hybridized carbons (Fsp3) is 0.429. The van der Waals surface area contributed by atoms with Crippen LogP contribution in [0.3, 0.4) is 0 Å². The summed E-state index contributed by atoms with van der Waals surface area (Å²) >= 11 is 0. The lowest BCUT2D eigenvalue weighted by Gasteiger charge is -2.23. The molecule has 0 aliphatic rings. The molecule has 0 saturated heterocycles. The Labute approximate surface area is 117 Å². The Morgan fingerprint density at radius 1 is 1.55 bits per heavy atom. The van der Waals surface area contributed by atoms with Crippen LogP contribution in [-0.2, 0) is 4.74 Å². The molecule has 3 N–H and O–H groups in total. The first-order chi connectivity index (χ1) is 9.52. The van der Waals surface area contributed by atoms with Crippen LogP contribution < -0.4 is 5.32 Å². The summed E-state index contributed by atoms with van der Waals surface area (Å²) in [6.07, 6.45) is 2.13. The van der Waals surface area contributed by atoms with Crippen molar-refractivity contribution < 1.29 is 14.6 Å². The van der Waals surface area contributed by atoms with Gasteiger partial charge in [-0.25, -0.2) is 0 Å². The van der Waals surface area contributed by atoms with Crippen molar-refractivity contribution in [3.8, 4) is 0 Å². The quantitative estimate of drug-likeness (QED) is 0.737. The molecule has 0 saturated carbocycles. The Balaban J connectivity index is 1.97. The van der Waals surface area contributed by atoms with E-state index in [1.165, 1.54) is 0 Å². The SMILES string of the molecule is COCCC(C)(O)CNC(=O)c1ccc2[nH]ncc2c1. The first-order valence-electron chi connectivity index (χ1n) is 6.44. The summed E-state index contributed by atoms with van der Waals surface area (Å²) in [5, 5.41) is 20.4. The van der Waals surface area contributed by atoms with Gasteiger partial charge in [0.25, 0.3) is 5.91 Å². The van der Waals surface area contributed by atoms with Gasteiger partial charge in [-0.3, -0.25) is 9.89 Å². The van der Waals surface area contributed by atoms with Gasteiger partial charge in [0.15, 0.2) is 0 Å². The van der Waals surface area contributed by atoms with Crippen LogP contribution in [0.25, 0.3) is 10.9 Å². The number of carbonyl (C=O) groups excluding carboxylic acids is 1. The zero-order valence-electron chi connectivity index (χ0n) is 11.6. The summed E-state index contributed by atoms with van der Waals surface area (Å²) in [6, 6.07) is 5.29. The Kier molecular flexibility index (Phi) is 4.36. The first-order valence-corrected chi connectivity index (χ1v) is 6.44. The van der Waals surface area contributed by atoms with Crippen molar-refractivity contribution in [1.29, 1.82) is 0 Å². The topological polar surface area (TPSA) is 87.2 Å². The third-order valence-electron chi connectivity index (χ3n) is 3.18. The minimum Gasteiger partial charge on any atom is -0.388 e. The van der Waals surface area contributed by atoms with Gasteiger partial charge < -0.3 is 15.2 Å². The number of H-pyrrole nitrogens is 1. The van der Waals surface area contributed by atoms with Gasteiger partial charge in [0.2, 0.25) is 0 Å². The number of hydrogen-bond donors (Lipinski definition) is 3. The van der Waals surface area contributed by atoms with Gasteiger partial charge in [-0.05, 0) is 25.1 Å². The Morgan fingerprint density at radius 2 is 2.35 bits per heavy atom. The van der Waals surface area contributed by atoms with E-state index >= 15 is 0 Å². The second kappa shape index (κ2) is 6.02. The second-order valence-electron chi connectivity index (χ2n) is 5.09. The van der Waals surface area contributed by atoms with Crippen molar-refractivity contribution in [2.24, 2.45) is 0 Å². The highest BCUT2D eigenvalue weighted by Gasteiger charge is 2.21. The van der Waals surface area contributed by atoms with Crippen LogP contribution in [0.15, 0.2) is 24.4 Å². The summed E-state index contributed by atoms with van der Waals surface area (Å²) in [4.78, 5) is 12.0. The van der Waals surface area contributed by atoms with Gasteiger partial charge in [0.1, 0.15) is 0 Å². The van der Waals surface area contributed by atoms with Crippen LogP contribution in [0.1, 0.15) is 23.7 Å². The smallest absolute Gasteiger partial charge is 0.251 e. The average Bonchev–Trinajstić information content (AvgIpc) is 2.90. The molecule has 1 aromatic carbocycles. The number of methoxy groups -OCH3 is 1. The van der Waals surface area contributed by atoms with E-state index in [1.54, 1.807) is 38.4 Å². The number of amides is 1. The number of aromatic amines is 1. The summed E-state index contributed by atoms with van der Waals surface area (Å²) < 4.78 is 4.93. The molecule has 2 rings (SSSR count). The van der Waals surface area contributed by atoms with Gasteiger partial charge in [-0.1, -0.05) is 0 Å². The Bertz CT molecular complexity index is 592. The molecular formula is C14H19N3O3. The van der Waals surface area contributed by atoms with Crippen LogP contribution >= 0.6 is 0 Å². The third kappa shape index (κ3) is 3.55. The molecule has 2 aromatic rings. The third-order valence-corrected chi connectivity index (χ3v) is 3.18. The standard InChI is InChI=1S/C14H19N3O3/c1-14(19,5-6-20-2)9-15-13(18)10-3-4-12-11(7-10)8-16-17-12/h3-4,7-8,19H,5-6,9H2,1-2H3,(H,15,18)(H,16,17). The fourth-order valence-corrected chi connectivity index (χ4v) is 1.87. The molecule has 0 spiro atoms. The monoisotopic (exact) mass is 277 g/mol. The number of rotatable bonds is 6. The molecule has 1 unspecified atom stereocenters. The van der Waals surface area contributed by atoms with Gasteiger partial charge >= 0.3 is 0 Å². The zero-order chi connectivity index (χ0) is 14.6. The predicted octanol–water partition coefficient (Wildman–Crippen LogP) is 1.08. The molecule has 0 aliphatic heterocycles. The summed E-state index contributed by atoms with van der Waals surface area (Å²) in [7, 11) is 1.58. The summed E-state index contributed by atoms with van der Waals surface area (Å²) in [5.74, 6) is -0.217. The number of benzene rings is 1. The van der Waals surface area contributed by atoms with Crippen molar-refractivity contribution in [3.63, 3.8) is 0 Å². The predicted molar refractivity (Wildman–Crippen MR) is 75.5 cm³/mol. The molecule has 1 amide bonds. The summed E-state index contributed by atoms with van der Waals surface area (Å²) in [5.41, 5.74) is 0.445. The molecule has 20 heavy (non-hydrogen) atoms. The maximum Gasteiger partial charge on any atom is 0.251 e. The highest BCUT2D eigenvalue weighted by Crippen LogP contribution is 2.13. The van der Waals surface area contributed by atoms with Crippen molar-refractivity contribution in [2.45, 2.75) is 18.9 Å². The largest absolute Gasteiger partial charge is 0.388 e. The van der Waals surface area contributed by atoms with Crippen LogP contribution in [0.4, 0.5) is 0 Å². The average molecular weight is 277 g/mol. The number of nitrogens with zero attached hydrogens (tertiary/aromatic N) is 1. The number of fused-ring (bicyclic) bond motifs is 1. The minimum atomic E-state index is -0.981. The van der Waals surface area contributed by atoms with Crippen molar-refractivity contribution >= 4 is 16.8 Å². The van der Waals surface area contributed by atoms with E-state index in [2.05, 4.69) is 15.5 Å². The molecule has 0 radical (unpaired) electrons. The molecular weight excluding hydrogens is 258 g/mol. The second-order valence-corrected chi connectivity index (χ2v) is 5.09. The maximum absolute atomic E-state index is 12.0. The molecule has 6 nitrogen and oxygen atoms in total. The van der Waals surface area contributed by atoms with Crippen LogP contribution in [-0.4, -0.2) is 47.1 Å². The van der Waals surface area contributed by atoms with E-state index in [-0.39, 0.29) is 12.5 Å². The number of hydrogen-bond acceptors (Lipinski definition) is 4. The highest BCUT2D eigenvalue weighted by molar-refractivity contribution is 5.97. The lowest BCUT2D eigenvalue weighted by atomic mass is 10.0. The normalized spacial score (nSPS) is 14.2. The highest BCUT2D eigenvalue weighted by atomic mass is 16.5. The molecule has 108 valence electrons. The van der Waals surface area contributed by atoms with Gasteiger partial charge in [0, 0.05) is 37.6 Å². The lowest BCUT2D eigenvalue weighted by molar-refractivity contribution is 0.0243. The van der Waals surface area contributed by atoms with E-state index in [9.17, 15) is 9.90 Å². The molecule has 1 atom stereocenters. The number of nitrogens with one attached hydrogen (secondary N) is 2. The van der Waals surface area contributed by atoms with Gasteiger partial charge in [0.05, 0.1) is 17.3 Å². The molecule has 0 aliphatic carbocycles. The zero-order valence-corrected chi connectivity index (χ0v) is 11.6. The van der Waals surface area contributed by atoms with E-state index in [0.717, 1.165) is 10.9 Å². The van der Waals surface area contributed by atoms with Crippen LogP contribution in [0.2, 0.25) is 0 Å². The van der Waals surface area contributed by atoms with E-state index in [0.29, 0.717) is 18.6 Å². The minimum absolute atomic E-state index is 0.179. The molecule has 1 heterocycles. The van der Waals surface area contributed by atoms with E-state index in [4.69, 9.17) is 4.74 Å². The Hall–Kier alpha value is -1.92. The van der Waals surface area contributed by atoms with E-state index in [1.807, 2.05) is 0 Å². The van der Waals surface area contributed by atoms with Crippen molar-refractivity contribution in [1.82, 2.24) is 15.5 Å². The number of ether oxygens (including phenoxy) is 1. The number of carbonyl (C=O) groups is 1. The maximum atomic E-state index is 12.0. The van der Waals surface area contributed by atoms with Gasteiger partial charge in [-0.2, -0.15) is 5.10 Å². The van der Waals surface area contributed by atoms with Gasteiger partial charge in [-0.15, -0.1) is 0 Å². The number of aromatic nitrogens is 2. The molecule has 6 heteroatoms. The lowest BCUT2D eigenvalue weighted by Crippen LogP contribution is -2.41. The summed E-state index contributed by atoms with van der Waals surface area (Å²) in [6.45, 7) is 2.30. The Morgan fingerprint density at radius 3 is 3.10 bits per heavy atom. The van der Waals surface area contributed by atoms with Crippen molar-refractivity contribution in [2.75, 3.05) is 20.3 Å². The van der Waals surface area contributed by atoms with E-state index < -0.39 is 5.60 Å². The van der Waals surface area contributed by atoms with Crippen molar-refractivity contribution in [3.05, 3.63) is 30.0 Å². The van der Waals surface area contributed by atoms with Crippen LogP contribution in [0, 0.1) is 0 Å². The van der Waals surface area contributed by atoms with Crippen LogP contribution in [0.5, 0.6) is 0 Å². The molecule has 1 aromatic heterocycles. The first kappa shape index (κ1) is 14.5. The fourth-order valence-electron chi connectivity index (χ4n) is 1.87. The number of aliphatic hydroxyl groups is 1. The molecule has 0 bridgehead atoms. The molecule has 0 fully saturated rings.